The number of fused-ring (bicyclic) bond motifs is 1. The minimum absolute atomic E-state index is 0.398. The molecule has 1 saturated heterocycles. The molecule has 70 valence electrons. The van der Waals surface area contributed by atoms with E-state index >= 15 is 0 Å². The summed E-state index contributed by atoms with van der Waals surface area (Å²) in [5, 5.41) is 0. The quantitative estimate of drug-likeness (QED) is 0.598. The van der Waals surface area contributed by atoms with Crippen molar-refractivity contribution in [2.45, 2.75) is 37.2 Å². The van der Waals surface area contributed by atoms with Crippen LogP contribution < -0.4 is 0 Å². The average Bonchev–Trinajstić information content (AvgIpc) is 2.35. The van der Waals surface area contributed by atoms with Gasteiger partial charge in [0.05, 0.1) is 0 Å². The molecule has 0 spiro atoms. The molecule has 0 amide bonds. The molecule has 2 unspecified atom stereocenters. The zero-order valence-corrected chi connectivity index (χ0v) is 9.23. The maximum absolute atomic E-state index is 6.11. The zero-order valence-electron chi connectivity index (χ0n) is 7.72. The second-order valence-electron chi connectivity index (χ2n) is 4.34. The zero-order chi connectivity index (χ0) is 9.09. The van der Waals surface area contributed by atoms with Gasteiger partial charge in [-0.3, -0.25) is 4.90 Å². The van der Waals surface area contributed by atoms with Crippen LogP contribution >= 0.6 is 23.2 Å². The number of halogens is 2. The van der Waals surface area contributed by atoms with Crippen molar-refractivity contribution in [1.82, 2.24) is 4.90 Å². The number of nitrogens with zero attached hydrogens (tertiary/aromatic N) is 1. The second-order valence-corrected chi connectivity index (χ2v) is 5.78. The number of likely N-dealkylation sites (tertiary alicyclic amines) is 1. The molecular formula is C9H15Cl2N. The number of piperidine rings is 1. The van der Waals surface area contributed by atoms with Crippen LogP contribution in [0.15, 0.2) is 0 Å². The maximum atomic E-state index is 6.11. The highest BCUT2D eigenvalue weighted by atomic mass is 35.5. The first kappa shape index (κ1) is 9.11. The van der Waals surface area contributed by atoms with Crippen molar-refractivity contribution in [3.05, 3.63) is 0 Å². The topological polar surface area (TPSA) is 3.24 Å². The molecule has 1 nitrogen and oxygen atoms in total. The molecule has 3 heteroatoms. The molecule has 3 atom stereocenters. The Morgan fingerprint density at radius 1 is 1.42 bits per heavy atom. The third kappa shape index (κ3) is 1.03. The molecule has 1 aliphatic carbocycles. The smallest absolute Gasteiger partial charge is 0.127 e. The lowest BCUT2D eigenvalue weighted by Crippen LogP contribution is -2.39. The molecule has 0 radical (unpaired) electrons. The van der Waals surface area contributed by atoms with Gasteiger partial charge in [-0.15, -0.1) is 23.2 Å². The first-order valence-corrected chi connectivity index (χ1v) is 5.35. The maximum Gasteiger partial charge on any atom is 0.127 e. The summed E-state index contributed by atoms with van der Waals surface area (Å²) in [6, 6.07) is 1.18. The summed E-state index contributed by atoms with van der Waals surface area (Å²) in [6.45, 7) is 7.77. The molecule has 0 aromatic carbocycles. The Kier molecular flexibility index (Phi) is 1.92. The fraction of sp³-hybridized carbons (Fsp3) is 1.00. The molecule has 0 N–H and O–H groups in total. The molecule has 2 fully saturated rings. The van der Waals surface area contributed by atoms with Gasteiger partial charge in [-0.2, -0.15) is 0 Å². The highest BCUT2D eigenvalue weighted by molar-refractivity contribution is 6.51. The van der Waals surface area contributed by atoms with Gasteiger partial charge >= 0.3 is 0 Å². The Morgan fingerprint density at radius 2 is 2.00 bits per heavy atom. The Morgan fingerprint density at radius 3 is 2.33 bits per heavy atom. The van der Waals surface area contributed by atoms with Gasteiger partial charge in [0.2, 0.25) is 0 Å². The van der Waals surface area contributed by atoms with E-state index in [1.807, 2.05) is 0 Å². The van der Waals surface area contributed by atoms with E-state index in [4.69, 9.17) is 23.2 Å². The first-order valence-electron chi connectivity index (χ1n) is 4.59. The summed E-state index contributed by atoms with van der Waals surface area (Å²) in [4.78, 5) is 2.48. The number of rotatable bonds is 1. The monoisotopic (exact) mass is 207 g/mol. The van der Waals surface area contributed by atoms with E-state index in [1.165, 1.54) is 0 Å². The van der Waals surface area contributed by atoms with Gasteiger partial charge in [0, 0.05) is 30.5 Å². The third-order valence-corrected chi connectivity index (χ3v) is 4.44. The molecule has 1 saturated carbocycles. The summed E-state index contributed by atoms with van der Waals surface area (Å²) in [6.07, 6.45) is 0. The minimum Gasteiger partial charge on any atom is -0.297 e. The van der Waals surface area contributed by atoms with Gasteiger partial charge in [0.25, 0.3) is 0 Å². The van der Waals surface area contributed by atoms with Gasteiger partial charge in [-0.1, -0.05) is 0 Å². The normalized spacial score (nSPS) is 45.0. The van der Waals surface area contributed by atoms with Crippen LogP contribution in [0.3, 0.4) is 0 Å². The number of hydrogen-bond donors (Lipinski definition) is 0. The second kappa shape index (κ2) is 2.52. The van der Waals surface area contributed by atoms with Crippen molar-refractivity contribution in [2.24, 2.45) is 11.8 Å². The van der Waals surface area contributed by atoms with E-state index < -0.39 is 4.33 Å². The molecule has 1 heterocycles. The first-order chi connectivity index (χ1) is 5.46. The van der Waals surface area contributed by atoms with Crippen LogP contribution in [-0.4, -0.2) is 27.9 Å². The van der Waals surface area contributed by atoms with Crippen LogP contribution in [0.25, 0.3) is 0 Å². The van der Waals surface area contributed by atoms with E-state index in [0.29, 0.717) is 23.9 Å². The van der Waals surface area contributed by atoms with Gasteiger partial charge < -0.3 is 0 Å². The molecule has 2 rings (SSSR count). The van der Waals surface area contributed by atoms with Crippen molar-refractivity contribution in [3.8, 4) is 0 Å². The number of hydrogen-bond acceptors (Lipinski definition) is 1. The number of alkyl halides is 2. The van der Waals surface area contributed by atoms with Crippen molar-refractivity contribution >= 4 is 23.2 Å². The molecule has 1 aliphatic heterocycles. The van der Waals surface area contributed by atoms with E-state index in [2.05, 4.69) is 25.7 Å². The van der Waals surface area contributed by atoms with Crippen LogP contribution in [0.5, 0.6) is 0 Å². The minimum atomic E-state index is -0.398. The molecule has 2 aliphatic rings. The lowest BCUT2D eigenvalue weighted by molar-refractivity contribution is 0.184. The summed E-state index contributed by atoms with van der Waals surface area (Å²) in [5.74, 6) is 1.04. The third-order valence-electron chi connectivity index (χ3n) is 3.38. The van der Waals surface area contributed by atoms with Crippen molar-refractivity contribution < 1.29 is 0 Å². The van der Waals surface area contributed by atoms with Crippen molar-refractivity contribution in [3.63, 3.8) is 0 Å². The van der Waals surface area contributed by atoms with E-state index in [-0.39, 0.29) is 0 Å². The van der Waals surface area contributed by atoms with Crippen molar-refractivity contribution in [1.29, 1.82) is 0 Å². The Hall–Kier alpha value is 0.540. The van der Waals surface area contributed by atoms with Gasteiger partial charge in [0.15, 0.2) is 0 Å². The SMILES string of the molecule is CC(C)N1CC2C([C@H]1C)C2(Cl)Cl. The van der Waals surface area contributed by atoms with E-state index in [0.717, 1.165) is 6.54 Å². The molecule has 0 bridgehead atoms. The van der Waals surface area contributed by atoms with Crippen LogP contribution in [0.4, 0.5) is 0 Å². The van der Waals surface area contributed by atoms with Crippen LogP contribution in [-0.2, 0) is 0 Å². The average molecular weight is 208 g/mol. The fourth-order valence-electron chi connectivity index (χ4n) is 2.59. The van der Waals surface area contributed by atoms with Crippen molar-refractivity contribution in [2.75, 3.05) is 6.54 Å². The molecule has 0 aromatic rings. The highest BCUT2D eigenvalue weighted by Crippen LogP contribution is 2.65. The van der Waals surface area contributed by atoms with Crippen LogP contribution in [0.2, 0.25) is 0 Å². The summed E-state index contributed by atoms with van der Waals surface area (Å²) in [7, 11) is 0. The fourth-order valence-corrected chi connectivity index (χ4v) is 3.54. The lowest BCUT2D eigenvalue weighted by Gasteiger charge is -2.30. The van der Waals surface area contributed by atoms with Gasteiger partial charge in [0.1, 0.15) is 4.33 Å². The standard InChI is InChI=1S/C9H15Cl2N/c1-5(2)12-4-7-8(6(12)3)9(7,10)11/h5-8H,4H2,1-3H3/t6-,7?,8?/m1/s1. The summed E-state index contributed by atoms with van der Waals surface area (Å²) in [5.41, 5.74) is 0. The predicted octanol–water partition coefficient (Wildman–Crippen LogP) is 2.52. The summed E-state index contributed by atoms with van der Waals surface area (Å²) >= 11 is 12.2. The lowest BCUT2D eigenvalue weighted by atomic mass is 10.2. The largest absolute Gasteiger partial charge is 0.297 e. The predicted molar refractivity (Wildman–Crippen MR) is 52.7 cm³/mol. The molecular weight excluding hydrogens is 193 g/mol. The van der Waals surface area contributed by atoms with Gasteiger partial charge in [-0.05, 0) is 20.8 Å². The van der Waals surface area contributed by atoms with E-state index in [1.54, 1.807) is 0 Å². The summed E-state index contributed by atoms with van der Waals surface area (Å²) < 4.78 is -0.398. The van der Waals surface area contributed by atoms with Gasteiger partial charge in [-0.25, -0.2) is 0 Å². The molecule has 0 aromatic heterocycles. The van der Waals surface area contributed by atoms with E-state index in [9.17, 15) is 0 Å². The Labute approximate surface area is 84.0 Å². The Bertz CT molecular complexity index is 201. The van der Waals surface area contributed by atoms with Crippen LogP contribution in [0.1, 0.15) is 20.8 Å². The van der Waals surface area contributed by atoms with Crippen LogP contribution in [0, 0.1) is 11.8 Å². The molecule has 12 heavy (non-hydrogen) atoms. The Balaban J connectivity index is 2.06. The highest BCUT2D eigenvalue weighted by Gasteiger charge is 2.70.